The van der Waals surface area contributed by atoms with Gasteiger partial charge >= 0.3 is 0 Å². The van der Waals surface area contributed by atoms with E-state index in [9.17, 15) is 4.79 Å². The predicted octanol–water partition coefficient (Wildman–Crippen LogP) is 1.25. The molecule has 1 aliphatic heterocycles. The maximum absolute atomic E-state index is 12.1. The molecular weight excluding hydrogens is 338 g/mol. The third-order valence-electron chi connectivity index (χ3n) is 4.38. The molecule has 0 saturated carbocycles. The number of nitrogens with zero attached hydrogens (tertiary/aromatic N) is 3. The van der Waals surface area contributed by atoms with E-state index < -0.39 is 0 Å². The van der Waals surface area contributed by atoms with Crippen LogP contribution in [0.2, 0.25) is 0 Å². The van der Waals surface area contributed by atoms with Gasteiger partial charge in [-0.1, -0.05) is 18.2 Å². The first-order chi connectivity index (χ1) is 11.7. The average molecular weight is 364 g/mol. The maximum atomic E-state index is 12.1. The molecule has 25 heavy (non-hydrogen) atoms. The summed E-state index contributed by atoms with van der Waals surface area (Å²) in [6.07, 6.45) is 4.66. The Morgan fingerprint density at radius 2 is 2.16 bits per heavy atom. The standard InChI is InChI=1S/C18H25N5O.ClH/c1-15-11-19-9-10-22(15)14-18(24)20-8-7-16-12-21-23(13-16)17-5-3-2-4-6-17;/h2-6,12-13,15,19H,7-11,14H2,1H3,(H,20,24);1H/t15-;/m0./s1. The monoisotopic (exact) mass is 363 g/mol. The zero-order chi connectivity index (χ0) is 16.8. The van der Waals surface area contributed by atoms with Crippen molar-refractivity contribution >= 4 is 18.3 Å². The van der Waals surface area contributed by atoms with E-state index in [0.717, 1.165) is 37.3 Å². The fourth-order valence-corrected chi connectivity index (χ4v) is 2.92. The van der Waals surface area contributed by atoms with E-state index in [2.05, 4.69) is 27.6 Å². The van der Waals surface area contributed by atoms with Crippen LogP contribution in [0.4, 0.5) is 0 Å². The maximum Gasteiger partial charge on any atom is 0.234 e. The van der Waals surface area contributed by atoms with Crippen molar-refractivity contribution in [3.8, 4) is 5.69 Å². The summed E-state index contributed by atoms with van der Waals surface area (Å²) < 4.78 is 1.86. The predicted molar refractivity (Wildman–Crippen MR) is 101 cm³/mol. The number of carbonyl (C=O) groups is 1. The van der Waals surface area contributed by atoms with Crippen molar-refractivity contribution in [3.05, 3.63) is 48.3 Å². The number of hydrogen-bond acceptors (Lipinski definition) is 4. The quantitative estimate of drug-likeness (QED) is 0.810. The Balaban J connectivity index is 0.00000225. The van der Waals surface area contributed by atoms with Gasteiger partial charge in [0.05, 0.1) is 18.4 Å². The molecule has 1 fully saturated rings. The average Bonchev–Trinajstić information content (AvgIpc) is 3.07. The van der Waals surface area contributed by atoms with Crippen molar-refractivity contribution in [2.45, 2.75) is 19.4 Å². The summed E-state index contributed by atoms with van der Waals surface area (Å²) in [4.78, 5) is 14.3. The molecule has 1 saturated heterocycles. The van der Waals surface area contributed by atoms with Gasteiger partial charge in [0.25, 0.3) is 0 Å². The first-order valence-electron chi connectivity index (χ1n) is 8.53. The number of para-hydroxylation sites is 1. The van der Waals surface area contributed by atoms with Crippen LogP contribution >= 0.6 is 12.4 Å². The third-order valence-corrected chi connectivity index (χ3v) is 4.38. The van der Waals surface area contributed by atoms with Gasteiger partial charge < -0.3 is 10.6 Å². The number of amides is 1. The molecule has 6 nitrogen and oxygen atoms in total. The van der Waals surface area contributed by atoms with Crippen LogP contribution in [0.15, 0.2) is 42.7 Å². The Morgan fingerprint density at radius 3 is 2.92 bits per heavy atom. The van der Waals surface area contributed by atoms with Crippen LogP contribution in [0.5, 0.6) is 0 Å². The zero-order valence-corrected chi connectivity index (χ0v) is 15.3. The molecule has 2 heterocycles. The highest BCUT2D eigenvalue weighted by atomic mass is 35.5. The van der Waals surface area contributed by atoms with Crippen LogP contribution in [0.25, 0.3) is 5.69 Å². The van der Waals surface area contributed by atoms with Crippen molar-refractivity contribution < 1.29 is 4.79 Å². The molecule has 136 valence electrons. The summed E-state index contributed by atoms with van der Waals surface area (Å²) >= 11 is 0. The van der Waals surface area contributed by atoms with Crippen molar-refractivity contribution in [1.82, 2.24) is 25.3 Å². The lowest BCUT2D eigenvalue weighted by molar-refractivity contribution is -0.122. The molecule has 2 aromatic rings. The zero-order valence-electron chi connectivity index (χ0n) is 14.5. The largest absolute Gasteiger partial charge is 0.355 e. The van der Waals surface area contributed by atoms with Crippen LogP contribution in [-0.4, -0.2) is 59.4 Å². The minimum Gasteiger partial charge on any atom is -0.355 e. The molecule has 3 rings (SSSR count). The molecule has 7 heteroatoms. The van der Waals surface area contributed by atoms with E-state index in [1.54, 1.807) is 0 Å². The molecule has 0 aliphatic carbocycles. The van der Waals surface area contributed by atoms with Crippen molar-refractivity contribution in [1.29, 1.82) is 0 Å². The number of halogens is 1. The fourth-order valence-electron chi connectivity index (χ4n) is 2.92. The minimum atomic E-state index is 0. The highest BCUT2D eigenvalue weighted by Crippen LogP contribution is 2.07. The smallest absolute Gasteiger partial charge is 0.234 e. The Labute approximate surface area is 155 Å². The molecular formula is C18H26ClN5O. The van der Waals surface area contributed by atoms with Crippen LogP contribution in [0.3, 0.4) is 0 Å². The number of carbonyl (C=O) groups excluding carboxylic acids is 1. The summed E-state index contributed by atoms with van der Waals surface area (Å²) in [5.74, 6) is 0.0965. The summed E-state index contributed by atoms with van der Waals surface area (Å²) in [6, 6.07) is 10.4. The number of piperazine rings is 1. The first-order valence-corrected chi connectivity index (χ1v) is 8.53. The number of hydrogen-bond donors (Lipinski definition) is 2. The lowest BCUT2D eigenvalue weighted by Gasteiger charge is -2.33. The molecule has 1 aromatic heterocycles. The Kier molecular flexibility index (Phi) is 7.43. The van der Waals surface area contributed by atoms with Gasteiger partial charge in [0.2, 0.25) is 5.91 Å². The third kappa shape index (κ3) is 5.56. The van der Waals surface area contributed by atoms with E-state index in [4.69, 9.17) is 0 Å². The fraction of sp³-hybridized carbons (Fsp3) is 0.444. The van der Waals surface area contributed by atoms with Gasteiger partial charge in [-0.3, -0.25) is 9.69 Å². The van der Waals surface area contributed by atoms with Crippen molar-refractivity contribution in [2.75, 3.05) is 32.7 Å². The summed E-state index contributed by atoms with van der Waals surface area (Å²) in [5, 5.41) is 10.7. The Bertz CT molecular complexity index is 660. The highest BCUT2D eigenvalue weighted by molar-refractivity contribution is 5.85. The molecule has 0 radical (unpaired) electrons. The molecule has 1 aliphatic rings. The lowest BCUT2D eigenvalue weighted by Crippen LogP contribution is -2.52. The summed E-state index contributed by atoms with van der Waals surface area (Å²) in [7, 11) is 0. The first kappa shape index (κ1) is 19.4. The second-order valence-electron chi connectivity index (χ2n) is 6.25. The van der Waals surface area contributed by atoms with Gasteiger partial charge in [0, 0.05) is 38.4 Å². The summed E-state index contributed by atoms with van der Waals surface area (Å²) in [5.41, 5.74) is 2.16. The van der Waals surface area contributed by atoms with Gasteiger partial charge in [-0.25, -0.2) is 4.68 Å². The van der Waals surface area contributed by atoms with Crippen LogP contribution in [-0.2, 0) is 11.2 Å². The van der Waals surface area contributed by atoms with E-state index in [-0.39, 0.29) is 18.3 Å². The van der Waals surface area contributed by atoms with Crippen molar-refractivity contribution in [3.63, 3.8) is 0 Å². The Hall–Kier alpha value is -1.89. The SMILES string of the molecule is C[C@H]1CNCCN1CC(=O)NCCc1cnn(-c2ccccc2)c1.Cl. The van der Waals surface area contributed by atoms with Crippen LogP contribution in [0.1, 0.15) is 12.5 Å². The van der Waals surface area contributed by atoms with E-state index in [1.807, 2.05) is 47.4 Å². The number of nitrogens with one attached hydrogen (secondary N) is 2. The lowest BCUT2D eigenvalue weighted by atomic mass is 10.2. The molecule has 2 N–H and O–H groups in total. The van der Waals surface area contributed by atoms with Gasteiger partial charge in [0.15, 0.2) is 0 Å². The van der Waals surface area contributed by atoms with Gasteiger partial charge in [-0.05, 0) is 31.0 Å². The van der Waals surface area contributed by atoms with E-state index >= 15 is 0 Å². The molecule has 0 spiro atoms. The summed E-state index contributed by atoms with van der Waals surface area (Å²) in [6.45, 7) is 6.10. The Morgan fingerprint density at radius 1 is 1.36 bits per heavy atom. The van der Waals surface area contributed by atoms with Gasteiger partial charge in [-0.2, -0.15) is 5.10 Å². The molecule has 1 aromatic carbocycles. The highest BCUT2D eigenvalue weighted by Gasteiger charge is 2.19. The molecule has 0 unspecified atom stereocenters. The minimum absolute atomic E-state index is 0. The van der Waals surface area contributed by atoms with Gasteiger partial charge in [-0.15, -0.1) is 12.4 Å². The number of benzene rings is 1. The second kappa shape index (κ2) is 9.56. The van der Waals surface area contributed by atoms with Crippen LogP contribution < -0.4 is 10.6 Å². The molecule has 1 amide bonds. The topological polar surface area (TPSA) is 62.2 Å². The second-order valence-corrected chi connectivity index (χ2v) is 6.25. The van der Waals surface area contributed by atoms with Crippen molar-refractivity contribution in [2.24, 2.45) is 0 Å². The van der Waals surface area contributed by atoms with E-state index in [0.29, 0.717) is 19.1 Å². The van der Waals surface area contributed by atoms with Crippen LogP contribution in [0, 0.1) is 0 Å². The van der Waals surface area contributed by atoms with E-state index in [1.165, 1.54) is 0 Å². The number of rotatable bonds is 6. The number of aromatic nitrogens is 2. The molecule has 1 atom stereocenters. The van der Waals surface area contributed by atoms with Gasteiger partial charge in [0.1, 0.15) is 0 Å². The molecule has 0 bridgehead atoms. The normalized spacial score (nSPS) is 17.7.